The van der Waals surface area contributed by atoms with E-state index in [0.29, 0.717) is 11.1 Å². The topological polar surface area (TPSA) is 179 Å². The summed E-state index contributed by atoms with van der Waals surface area (Å²) in [6.07, 6.45) is 6.11. The zero-order valence-corrected chi connectivity index (χ0v) is 15.9. The minimum absolute atomic E-state index is 0.0671. The van der Waals surface area contributed by atoms with Crippen LogP contribution >= 0.6 is 0 Å². The number of carboxylic acid groups (broad SMARTS) is 1. The van der Waals surface area contributed by atoms with Crippen LogP contribution in [0.25, 0.3) is 0 Å². The number of hydrogen-bond acceptors (Lipinski definition) is 7. The van der Waals surface area contributed by atoms with Gasteiger partial charge in [-0.1, -0.05) is 0 Å². The van der Waals surface area contributed by atoms with Crippen molar-refractivity contribution in [3.8, 4) is 11.5 Å². The third-order valence-corrected chi connectivity index (χ3v) is 3.36. The molecule has 0 aliphatic rings. The SMILES string of the molecule is COc1cc(C(=O)O)ccc1O.NC(=O)c1ccncc1.NC(=O)c1ccncc1. The van der Waals surface area contributed by atoms with Crippen molar-refractivity contribution in [3.05, 3.63) is 83.9 Å². The number of benzene rings is 1. The molecule has 2 aromatic heterocycles. The van der Waals surface area contributed by atoms with Gasteiger partial charge in [-0.05, 0) is 42.5 Å². The summed E-state index contributed by atoms with van der Waals surface area (Å²) >= 11 is 0. The number of ether oxygens (including phenoxy) is 1. The van der Waals surface area contributed by atoms with Gasteiger partial charge in [-0.25, -0.2) is 4.79 Å². The Kier molecular flexibility index (Phi) is 9.49. The lowest BCUT2D eigenvalue weighted by molar-refractivity contribution is 0.0696. The van der Waals surface area contributed by atoms with Crippen LogP contribution in [0.1, 0.15) is 31.1 Å². The Morgan fingerprint density at radius 1 is 0.800 bits per heavy atom. The molecule has 0 saturated carbocycles. The summed E-state index contributed by atoms with van der Waals surface area (Å²) in [6, 6.07) is 10.1. The number of phenolic OH excluding ortho intramolecular Hbond substituents is 1. The molecule has 0 saturated heterocycles. The lowest BCUT2D eigenvalue weighted by Gasteiger charge is -2.02. The predicted octanol–water partition coefficient (Wildman–Crippen LogP) is 1.46. The highest BCUT2D eigenvalue weighted by Gasteiger charge is 2.07. The van der Waals surface area contributed by atoms with Crippen molar-refractivity contribution in [2.24, 2.45) is 11.5 Å². The van der Waals surface area contributed by atoms with E-state index in [1.165, 1.54) is 50.1 Å². The Labute approximate surface area is 171 Å². The first-order valence-electron chi connectivity index (χ1n) is 8.26. The molecule has 0 radical (unpaired) electrons. The summed E-state index contributed by atoms with van der Waals surface area (Å²) in [5.74, 6) is -1.79. The molecule has 0 unspecified atom stereocenters. The Balaban J connectivity index is 0.000000229. The van der Waals surface area contributed by atoms with Crippen LogP contribution in [0.4, 0.5) is 0 Å². The molecule has 6 N–H and O–H groups in total. The lowest BCUT2D eigenvalue weighted by atomic mass is 10.2. The number of aromatic hydroxyl groups is 1. The van der Waals surface area contributed by atoms with E-state index >= 15 is 0 Å². The summed E-state index contributed by atoms with van der Waals surface area (Å²) in [6.45, 7) is 0. The molecule has 0 bridgehead atoms. The van der Waals surface area contributed by atoms with Gasteiger partial charge in [0, 0.05) is 35.9 Å². The van der Waals surface area contributed by atoms with Gasteiger partial charge in [0.15, 0.2) is 11.5 Å². The number of rotatable bonds is 4. The van der Waals surface area contributed by atoms with E-state index in [4.69, 9.17) is 26.4 Å². The van der Waals surface area contributed by atoms with Gasteiger partial charge in [0.25, 0.3) is 0 Å². The number of amides is 2. The van der Waals surface area contributed by atoms with Crippen molar-refractivity contribution in [3.63, 3.8) is 0 Å². The van der Waals surface area contributed by atoms with E-state index in [1.807, 2.05) is 0 Å². The first-order chi connectivity index (χ1) is 14.3. The Morgan fingerprint density at radius 2 is 1.23 bits per heavy atom. The molecule has 0 aliphatic carbocycles. The molecule has 0 aliphatic heterocycles. The first kappa shape index (κ1) is 23.6. The van der Waals surface area contributed by atoms with Crippen LogP contribution in [0, 0.1) is 0 Å². The van der Waals surface area contributed by atoms with Crippen LogP contribution in [-0.4, -0.2) is 45.1 Å². The smallest absolute Gasteiger partial charge is 0.335 e. The van der Waals surface area contributed by atoms with Crippen molar-refractivity contribution >= 4 is 17.8 Å². The maximum Gasteiger partial charge on any atom is 0.335 e. The zero-order chi connectivity index (χ0) is 22.5. The molecule has 3 aromatic rings. The van der Waals surface area contributed by atoms with Crippen LogP contribution in [0.2, 0.25) is 0 Å². The van der Waals surface area contributed by atoms with Crippen molar-refractivity contribution in [1.29, 1.82) is 0 Å². The second-order valence-corrected chi connectivity index (χ2v) is 5.39. The highest BCUT2D eigenvalue weighted by atomic mass is 16.5. The number of aromatic nitrogens is 2. The van der Waals surface area contributed by atoms with Gasteiger partial charge in [0.1, 0.15) is 0 Å². The van der Waals surface area contributed by atoms with Crippen molar-refractivity contribution in [2.75, 3.05) is 7.11 Å². The molecule has 2 amide bonds. The number of nitrogens with two attached hydrogens (primary N) is 2. The molecule has 0 spiro atoms. The van der Waals surface area contributed by atoms with Gasteiger partial charge in [-0.15, -0.1) is 0 Å². The molecule has 10 nitrogen and oxygen atoms in total. The van der Waals surface area contributed by atoms with E-state index in [9.17, 15) is 14.4 Å². The number of carbonyl (C=O) groups excluding carboxylic acids is 2. The normalized spacial score (nSPS) is 9.10. The molecular weight excluding hydrogens is 392 g/mol. The van der Waals surface area contributed by atoms with E-state index in [-0.39, 0.29) is 17.1 Å². The number of nitrogens with zero attached hydrogens (tertiary/aromatic N) is 2. The van der Waals surface area contributed by atoms with Gasteiger partial charge in [-0.3, -0.25) is 19.6 Å². The Hall–Kier alpha value is -4.47. The fourth-order valence-corrected chi connectivity index (χ4v) is 1.84. The highest BCUT2D eigenvalue weighted by Crippen LogP contribution is 2.25. The maximum absolute atomic E-state index is 10.4. The molecule has 30 heavy (non-hydrogen) atoms. The summed E-state index contributed by atoms with van der Waals surface area (Å²) in [7, 11) is 1.36. The number of primary amides is 2. The fourth-order valence-electron chi connectivity index (χ4n) is 1.84. The van der Waals surface area contributed by atoms with Crippen LogP contribution in [0.5, 0.6) is 11.5 Å². The number of methoxy groups -OCH3 is 1. The van der Waals surface area contributed by atoms with Crippen LogP contribution < -0.4 is 16.2 Å². The summed E-state index contributed by atoms with van der Waals surface area (Å²) in [5, 5.41) is 17.7. The van der Waals surface area contributed by atoms with Crippen LogP contribution in [-0.2, 0) is 0 Å². The summed E-state index contributed by atoms with van der Waals surface area (Å²) in [5.41, 5.74) is 11.0. The standard InChI is InChI=1S/C8H8O4.2C6H6N2O/c1-12-7-4-5(8(10)11)2-3-6(7)9;2*7-6(9)5-1-3-8-4-2-5/h2-4,9H,1H3,(H,10,11);2*1-4H,(H2,7,9). The van der Waals surface area contributed by atoms with E-state index in [2.05, 4.69) is 9.97 Å². The summed E-state index contributed by atoms with van der Waals surface area (Å²) in [4.78, 5) is 38.7. The Bertz CT molecular complexity index is 932. The van der Waals surface area contributed by atoms with Gasteiger partial charge >= 0.3 is 5.97 Å². The molecular formula is C20H20N4O6. The second-order valence-electron chi connectivity index (χ2n) is 5.39. The summed E-state index contributed by atoms with van der Waals surface area (Å²) < 4.78 is 4.72. The third kappa shape index (κ3) is 8.05. The van der Waals surface area contributed by atoms with Crippen LogP contribution in [0.15, 0.2) is 67.3 Å². The number of hydrogen-bond donors (Lipinski definition) is 4. The van der Waals surface area contributed by atoms with Crippen LogP contribution in [0.3, 0.4) is 0 Å². The van der Waals surface area contributed by atoms with E-state index in [0.717, 1.165) is 0 Å². The monoisotopic (exact) mass is 412 g/mol. The third-order valence-electron chi connectivity index (χ3n) is 3.36. The minimum atomic E-state index is -1.05. The molecule has 0 atom stereocenters. The number of carbonyl (C=O) groups is 3. The van der Waals surface area contributed by atoms with Gasteiger partial charge in [-0.2, -0.15) is 0 Å². The number of phenols is 1. The first-order valence-corrected chi connectivity index (χ1v) is 8.26. The molecule has 3 rings (SSSR count). The zero-order valence-electron chi connectivity index (χ0n) is 15.9. The highest BCUT2D eigenvalue weighted by molar-refractivity contribution is 5.92. The lowest BCUT2D eigenvalue weighted by Crippen LogP contribution is -2.10. The second kappa shape index (κ2) is 12.1. The molecule has 10 heteroatoms. The number of carboxylic acids is 1. The molecule has 1 aromatic carbocycles. The molecule has 2 heterocycles. The van der Waals surface area contributed by atoms with Gasteiger partial charge in [0.05, 0.1) is 12.7 Å². The van der Waals surface area contributed by atoms with E-state index < -0.39 is 17.8 Å². The van der Waals surface area contributed by atoms with Gasteiger partial charge in [0.2, 0.25) is 11.8 Å². The number of aromatic carboxylic acids is 1. The van der Waals surface area contributed by atoms with E-state index in [1.54, 1.807) is 24.3 Å². The number of pyridine rings is 2. The van der Waals surface area contributed by atoms with Crippen molar-refractivity contribution in [2.45, 2.75) is 0 Å². The molecule has 0 fully saturated rings. The minimum Gasteiger partial charge on any atom is -0.504 e. The fraction of sp³-hybridized carbons (Fsp3) is 0.0500. The predicted molar refractivity (Wildman–Crippen MR) is 107 cm³/mol. The molecule has 156 valence electrons. The average Bonchev–Trinajstić information content (AvgIpc) is 2.76. The van der Waals surface area contributed by atoms with Crippen molar-refractivity contribution in [1.82, 2.24) is 9.97 Å². The van der Waals surface area contributed by atoms with Gasteiger partial charge < -0.3 is 26.4 Å². The largest absolute Gasteiger partial charge is 0.504 e. The van der Waals surface area contributed by atoms with Crippen molar-refractivity contribution < 1.29 is 29.3 Å². The maximum atomic E-state index is 10.4. The average molecular weight is 412 g/mol. The quantitative estimate of drug-likeness (QED) is 0.497. The Morgan fingerprint density at radius 3 is 1.53 bits per heavy atom.